The lowest BCUT2D eigenvalue weighted by molar-refractivity contribution is -0.120. The molecule has 4 aromatic rings. The van der Waals surface area contributed by atoms with Crippen molar-refractivity contribution in [1.82, 2.24) is 15.2 Å². The van der Waals surface area contributed by atoms with Gasteiger partial charge in [0.05, 0.1) is 5.69 Å². The normalized spacial score (nSPS) is 14.9. The molecule has 0 radical (unpaired) electrons. The lowest BCUT2D eigenvalue weighted by atomic mass is 10.0. The minimum atomic E-state index is -0.686. The minimum absolute atomic E-state index is 0.0104. The van der Waals surface area contributed by atoms with Crippen LogP contribution in [0.5, 0.6) is 5.88 Å². The Kier molecular flexibility index (Phi) is 5.49. The number of hydrogen-bond donors (Lipinski definition) is 0. The van der Waals surface area contributed by atoms with Gasteiger partial charge in [0.25, 0.3) is 0 Å². The van der Waals surface area contributed by atoms with Gasteiger partial charge in [-0.25, -0.2) is 0 Å². The third kappa shape index (κ3) is 3.48. The average Bonchev–Trinajstić information content (AvgIpc) is 2.98. The summed E-state index contributed by atoms with van der Waals surface area (Å²) < 4.78 is 6.53. The molecule has 0 N–H and O–H groups in total. The molecule has 5 rings (SSSR count). The summed E-state index contributed by atoms with van der Waals surface area (Å²) in [7, 11) is 0. The maximum absolute atomic E-state index is 13.5. The van der Waals surface area contributed by atoms with Gasteiger partial charge in [0, 0.05) is 17.5 Å². The van der Waals surface area contributed by atoms with Crippen molar-refractivity contribution >= 4 is 34.1 Å². The highest BCUT2D eigenvalue weighted by Gasteiger charge is 2.36. The Morgan fingerprint density at radius 2 is 1.81 bits per heavy atom. The van der Waals surface area contributed by atoms with Crippen LogP contribution in [0, 0.1) is 0 Å². The van der Waals surface area contributed by atoms with Gasteiger partial charge in [-0.2, -0.15) is 4.98 Å². The first-order valence-corrected chi connectivity index (χ1v) is 11.8. The van der Waals surface area contributed by atoms with Crippen molar-refractivity contribution in [3.8, 4) is 17.1 Å². The molecule has 0 bridgehead atoms. The van der Waals surface area contributed by atoms with E-state index in [4.69, 9.17) is 4.74 Å². The molecule has 0 fully saturated rings. The van der Waals surface area contributed by atoms with Crippen molar-refractivity contribution in [2.75, 3.05) is 11.2 Å². The summed E-state index contributed by atoms with van der Waals surface area (Å²) in [4.78, 5) is 19.9. The summed E-state index contributed by atoms with van der Waals surface area (Å²) >= 11 is 1.40. The second kappa shape index (κ2) is 8.59. The number of rotatable bonds is 4. The molecule has 1 unspecified atom stereocenters. The van der Waals surface area contributed by atoms with Crippen LogP contribution in [0.3, 0.4) is 0 Å². The van der Waals surface area contributed by atoms with Crippen LogP contribution in [0.2, 0.25) is 0 Å². The second-order valence-electron chi connectivity index (χ2n) is 7.52. The summed E-state index contributed by atoms with van der Waals surface area (Å²) in [5, 5.41) is 11.3. The summed E-state index contributed by atoms with van der Waals surface area (Å²) in [6.45, 7) is 2.00. The van der Waals surface area contributed by atoms with Crippen molar-refractivity contribution in [2.24, 2.45) is 0 Å². The number of para-hydroxylation sites is 1. The van der Waals surface area contributed by atoms with E-state index in [1.807, 2.05) is 61.7 Å². The monoisotopic (exact) mass is 442 g/mol. The molecular weight excluding hydrogens is 420 g/mol. The van der Waals surface area contributed by atoms with E-state index in [1.165, 1.54) is 11.8 Å². The highest BCUT2D eigenvalue weighted by Crippen LogP contribution is 2.44. The molecular formula is C25H22N4O2S. The van der Waals surface area contributed by atoms with Crippen LogP contribution in [0.4, 0.5) is 5.69 Å². The Balaban J connectivity index is 1.79. The number of ether oxygens (including phenoxy) is 1. The second-order valence-corrected chi connectivity index (χ2v) is 8.30. The van der Waals surface area contributed by atoms with Crippen LogP contribution < -0.4 is 9.64 Å². The lowest BCUT2D eigenvalue weighted by Crippen LogP contribution is -2.37. The summed E-state index contributed by atoms with van der Waals surface area (Å²) in [5.41, 5.74) is 2.97. The first-order chi connectivity index (χ1) is 15.7. The van der Waals surface area contributed by atoms with Gasteiger partial charge in [0.1, 0.15) is 0 Å². The molecule has 7 heteroatoms. The third-order valence-electron chi connectivity index (χ3n) is 5.52. The predicted molar refractivity (Wildman–Crippen MR) is 127 cm³/mol. The molecule has 0 saturated heterocycles. The number of carbonyl (C=O) groups excluding carboxylic acids is 1. The number of thioether (sulfide) groups is 1. The topological polar surface area (TPSA) is 68.2 Å². The van der Waals surface area contributed by atoms with Gasteiger partial charge in [0.15, 0.2) is 5.69 Å². The molecule has 160 valence electrons. The van der Waals surface area contributed by atoms with E-state index in [0.717, 1.165) is 34.0 Å². The SMILES string of the molecule is CCCC(=O)N1c2ccccc2-c2nnc(SC)nc2OC1c1cccc2ccccc12. The largest absolute Gasteiger partial charge is 0.447 e. The number of nitrogens with zero attached hydrogens (tertiary/aromatic N) is 4. The first-order valence-electron chi connectivity index (χ1n) is 10.6. The van der Waals surface area contributed by atoms with Crippen molar-refractivity contribution < 1.29 is 9.53 Å². The molecule has 1 aliphatic rings. The number of anilines is 1. The summed E-state index contributed by atoms with van der Waals surface area (Å²) in [6.07, 6.45) is 2.35. The van der Waals surface area contributed by atoms with E-state index in [-0.39, 0.29) is 5.91 Å². The van der Waals surface area contributed by atoms with Crippen molar-refractivity contribution in [1.29, 1.82) is 0 Å². The Hall–Kier alpha value is -3.45. The van der Waals surface area contributed by atoms with Crippen LogP contribution in [0.15, 0.2) is 71.9 Å². The van der Waals surface area contributed by atoms with Gasteiger partial charge in [-0.3, -0.25) is 9.69 Å². The van der Waals surface area contributed by atoms with E-state index in [0.29, 0.717) is 23.2 Å². The van der Waals surface area contributed by atoms with Gasteiger partial charge >= 0.3 is 0 Å². The Bertz CT molecular complexity index is 1300. The Morgan fingerprint density at radius 3 is 2.66 bits per heavy atom. The third-order valence-corrected chi connectivity index (χ3v) is 6.05. The van der Waals surface area contributed by atoms with E-state index in [2.05, 4.69) is 33.4 Å². The molecule has 1 aromatic heterocycles. The van der Waals surface area contributed by atoms with Gasteiger partial charge in [0.2, 0.25) is 23.2 Å². The van der Waals surface area contributed by atoms with Crippen molar-refractivity contribution in [3.63, 3.8) is 0 Å². The van der Waals surface area contributed by atoms with Crippen LogP contribution in [-0.4, -0.2) is 27.3 Å². The molecule has 6 nitrogen and oxygen atoms in total. The molecule has 32 heavy (non-hydrogen) atoms. The van der Waals surface area contributed by atoms with Crippen LogP contribution in [-0.2, 0) is 4.79 Å². The molecule has 2 heterocycles. The van der Waals surface area contributed by atoms with Crippen LogP contribution >= 0.6 is 11.8 Å². The zero-order valence-corrected chi connectivity index (χ0v) is 18.7. The average molecular weight is 443 g/mol. The molecule has 0 aliphatic carbocycles. The highest BCUT2D eigenvalue weighted by atomic mass is 32.2. The molecule has 3 aromatic carbocycles. The number of carbonyl (C=O) groups is 1. The molecule has 0 saturated carbocycles. The Labute approximate surface area is 190 Å². The standard InChI is InChI=1S/C25H22N4O2S/c1-3-9-21(30)29-20-15-7-6-13-19(20)22-23(26-25(32-2)28-27-22)31-24(29)18-14-8-11-16-10-4-5-12-17(16)18/h4-8,10-15,24H,3,9H2,1-2H3. The molecule has 1 aliphatic heterocycles. The van der Waals surface area contributed by atoms with Gasteiger partial charge in [-0.05, 0) is 29.5 Å². The minimum Gasteiger partial charge on any atom is -0.447 e. The van der Waals surface area contributed by atoms with E-state index >= 15 is 0 Å². The van der Waals surface area contributed by atoms with Gasteiger partial charge in [-0.1, -0.05) is 79.3 Å². The smallest absolute Gasteiger partial charge is 0.247 e. The molecule has 1 amide bonds. The van der Waals surface area contributed by atoms with E-state index in [1.54, 1.807) is 4.90 Å². The number of hydrogen-bond acceptors (Lipinski definition) is 6. The quantitative estimate of drug-likeness (QED) is 0.381. The number of fused-ring (bicyclic) bond motifs is 4. The highest BCUT2D eigenvalue weighted by molar-refractivity contribution is 7.98. The van der Waals surface area contributed by atoms with E-state index in [9.17, 15) is 4.79 Å². The fourth-order valence-electron chi connectivity index (χ4n) is 4.07. The van der Waals surface area contributed by atoms with Crippen LogP contribution in [0.1, 0.15) is 31.6 Å². The molecule has 0 spiro atoms. The van der Waals surface area contributed by atoms with Crippen molar-refractivity contribution in [3.05, 3.63) is 72.3 Å². The first kappa shape index (κ1) is 20.5. The summed E-state index contributed by atoms with van der Waals surface area (Å²) in [5.74, 6) is 0.366. The van der Waals surface area contributed by atoms with Gasteiger partial charge < -0.3 is 4.74 Å². The number of benzene rings is 3. The number of amides is 1. The molecule has 1 atom stereocenters. The van der Waals surface area contributed by atoms with Gasteiger partial charge in [-0.15, -0.1) is 10.2 Å². The predicted octanol–water partition coefficient (Wildman–Crippen LogP) is 5.64. The maximum atomic E-state index is 13.5. The zero-order valence-electron chi connectivity index (χ0n) is 17.9. The maximum Gasteiger partial charge on any atom is 0.247 e. The Morgan fingerprint density at radius 1 is 1.03 bits per heavy atom. The zero-order chi connectivity index (χ0) is 22.1. The fourth-order valence-corrected chi connectivity index (χ4v) is 4.37. The number of aromatic nitrogens is 3. The van der Waals surface area contributed by atoms with Crippen LogP contribution in [0.25, 0.3) is 22.0 Å². The lowest BCUT2D eigenvalue weighted by Gasteiger charge is -2.31. The fraction of sp³-hybridized carbons (Fsp3) is 0.200. The summed E-state index contributed by atoms with van der Waals surface area (Å²) in [6, 6.07) is 21.9. The van der Waals surface area contributed by atoms with E-state index < -0.39 is 6.23 Å². The van der Waals surface area contributed by atoms with Crippen molar-refractivity contribution in [2.45, 2.75) is 31.1 Å².